The third-order valence-corrected chi connectivity index (χ3v) is 4.87. The second-order valence-corrected chi connectivity index (χ2v) is 6.65. The van der Waals surface area contributed by atoms with Crippen molar-refractivity contribution in [1.82, 2.24) is 0 Å². The Bertz CT molecular complexity index is 743. The molecule has 0 saturated carbocycles. The lowest BCUT2D eigenvalue weighted by atomic mass is 10.2. The fraction of sp³-hybridized carbons (Fsp3) is 0.0769. The minimum atomic E-state index is -3.77. The van der Waals surface area contributed by atoms with E-state index in [1.165, 1.54) is 36.4 Å². The number of hydrogen-bond acceptors (Lipinski definition) is 3. The molecule has 2 aromatic carbocycles. The first-order valence-electron chi connectivity index (χ1n) is 5.57. The van der Waals surface area contributed by atoms with E-state index in [0.717, 1.165) is 0 Å². The zero-order valence-electron chi connectivity index (χ0n) is 10.4. The van der Waals surface area contributed by atoms with Crippen molar-refractivity contribution in [3.63, 3.8) is 0 Å². The van der Waals surface area contributed by atoms with Crippen molar-refractivity contribution in [2.24, 2.45) is 0 Å². The number of nitrogens with one attached hydrogen (secondary N) is 1. The summed E-state index contributed by atoms with van der Waals surface area (Å²) in [7, 11) is -3.77. The highest BCUT2D eigenvalue weighted by atomic mass is 35.5. The van der Waals surface area contributed by atoms with Gasteiger partial charge in [0.05, 0.1) is 14.9 Å². The van der Waals surface area contributed by atoms with Gasteiger partial charge < -0.3 is 5.11 Å². The highest BCUT2D eigenvalue weighted by molar-refractivity contribution is 7.92. The summed E-state index contributed by atoms with van der Waals surface area (Å²) in [5.74, 6) is 0.0543. The Morgan fingerprint density at radius 2 is 1.60 bits per heavy atom. The summed E-state index contributed by atoms with van der Waals surface area (Å²) in [6.07, 6.45) is 0. The zero-order chi connectivity index (χ0) is 14.9. The first-order chi connectivity index (χ1) is 9.29. The average molecular weight is 332 g/mol. The average Bonchev–Trinajstić information content (AvgIpc) is 2.36. The Balaban J connectivity index is 2.40. The number of aryl methyl sites for hydroxylation is 1. The summed E-state index contributed by atoms with van der Waals surface area (Å²) < 4.78 is 27.0. The number of aromatic hydroxyl groups is 1. The van der Waals surface area contributed by atoms with Crippen molar-refractivity contribution in [3.05, 3.63) is 52.0 Å². The van der Waals surface area contributed by atoms with Crippen molar-refractivity contribution in [2.45, 2.75) is 11.8 Å². The number of rotatable bonds is 3. The van der Waals surface area contributed by atoms with Gasteiger partial charge >= 0.3 is 0 Å². The smallest absolute Gasteiger partial charge is 0.262 e. The lowest BCUT2D eigenvalue weighted by Gasteiger charge is -2.11. The Labute approximate surface area is 127 Å². The van der Waals surface area contributed by atoms with Gasteiger partial charge in [0.25, 0.3) is 10.0 Å². The second-order valence-electron chi connectivity index (χ2n) is 4.18. The lowest BCUT2D eigenvalue weighted by Crippen LogP contribution is -2.14. The standard InChI is InChI=1S/C13H11Cl2NO3S/c1-8-6-11(14)12(15)7-13(8)20(18,19)16-9-2-4-10(17)5-3-9/h2-7,16-17H,1H3. The Hall–Kier alpha value is -1.43. The molecule has 0 aliphatic rings. The molecule has 2 aromatic rings. The van der Waals surface area contributed by atoms with Crippen LogP contribution in [0.5, 0.6) is 5.75 Å². The van der Waals surface area contributed by atoms with Gasteiger partial charge in [-0.25, -0.2) is 8.42 Å². The molecule has 0 unspecified atom stereocenters. The SMILES string of the molecule is Cc1cc(Cl)c(Cl)cc1S(=O)(=O)Nc1ccc(O)cc1. The van der Waals surface area contributed by atoms with E-state index >= 15 is 0 Å². The molecule has 0 fully saturated rings. The zero-order valence-corrected chi connectivity index (χ0v) is 12.7. The quantitative estimate of drug-likeness (QED) is 0.840. The molecule has 4 nitrogen and oxygen atoms in total. The number of hydrogen-bond donors (Lipinski definition) is 2. The predicted molar refractivity (Wildman–Crippen MR) is 80.1 cm³/mol. The third kappa shape index (κ3) is 3.17. The maximum atomic E-state index is 12.3. The molecule has 0 atom stereocenters. The monoisotopic (exact) mass is 331 g/mol. The van der Waals surface area contributed by atoms with Gasteiger partial charge in [-0.1, -0.05) is 23.2 Å². The molecule has 2 N–H and O–H groups in total. The number of halogens is 2. The first-order valence-corrected chi connectivity index (χ1v) is 7.81. The van der Waals surface area contributed by atoms with E-state index in [1.54, 1.807) is 6.92 Å². The number of sulfonamides is 1. The fourth-order valence-corrected chi connectivity index (χ4v) is 3.42. The third-order valence-electron chi connectivity index (χ3n) is 2.63. The van der Waals surface area contributed by atoms with Gasteiger partial charge in [0.15, 0.2) is 0 Å². The van der Waals surface area contributed by atoms with Crippen LogP contribution >= 0.6 is 23.2 Å². The van der Waals surface area contributed by atoms with Crippen LogP contribution < -0.4 is 4.72 Å². The van der Waals surface area contributed by atoms with Crippen molar-refractivity contribution in [2.75, 3.05) is 4.72 Å². The Kier molecular flexibility index (Phi) is 4.13. The van der Waals surface area contributed by atoms with Gasteiger partial charge in [0, 0.05) is 5.69 Å². The van der Waals surface area contributed by atoms with Gasteiger partial charge in [0.1, 0.15) is 5.75 Å². The molecule has 2 rings (SSSR count). The van der Waals surface area contributed by atoms with Crippen LogP contribution in [-0.2, 0) is 10.0 Å². The van der Waals surface area contributed by atoms with Crippen molar-refractivity contribution in [3.8, 4) is 5.75 Å². The predicted octanol–water partition coefficient (Wildman–Crippen LogP) is 3.81. The number of phenolic OH excluding ortho intramolecular Hbond substituents is 1. The van der Waals surface area contributed by atoms with E-state index in [1.807, 2.05) is 0 Å². The molecule has 0 aliphatic carbocycles. The second kappa shape index (κ2) is 5.52. The maximum Gasteiger partial charge on any atom is 0.262 e. The van der Waals surface area contributed by atoms with E-state index < -0.39 is 10.0 Å². The summed E-state index contributed by atoms with van der Waals surface area (Å²) in [4.78, 5) is 0.0555. The Morgan fingerprint density at radius 1 is 1.05 bits per heavy atom. The molecule has 0 heterocycles. The Morgan fingerprint density at radius 3 is 2.20 bits per heavy atom. The fourth-order valence-electron chi connectivity index (χ4n) is 1.66. The van der Waals surface area contributed by atoms with E-state index in [9.17, 15) is 13.5 Å². The first kappa shape index (κ1) is 15.0. The van der Waals surface area contributed by atoms with Crippen LogP contribution in [0.2, 0.25) is 10.0 Å². The molecular formula is C13H11Cl2NO3S. The minimum absolute atomic E-state index is 0.0543. The largest absolute Gasteiger partial charge is 0.508 e. The molecule has 106 valence electrons. The number of benzene rings is 2. The maximum absolute atomic E-state index is 12.3. The highest BCUT2D eigenvalue weighted by Gasteiger charge is 2.18. The molecule has 0 spiro atoms. The molecule has 0 amide bonds. The molecular weight excluding hydrogens is 321 g/mol. The molecule has 7 heteroatoms. The van der Waals surface area contributed by atoms with Crippen LogP contribution in [0.4, 0.5) is 5.69 Å². The summed E-state index contributed by atoms with van der Waals surface area (Å²) >= 11 is 11.7. The molecule has 20 heavy (non-hydrogen) atoms. The van der Waals surface area contributed by atoms with Crippen molar-refractivity contribution < 1.29 is 13.5 Å². The van der Waals surface area contributed by atoms with E-state index in [-0.39, 0.29) is 15.7 Å². The minimum Gasteiger partial charge on any atom is -0.508 e. The van der Waals surface area contributed by atoms with Gasteiger partial charge in [-0.2, -0.15) is 0 Å². The van der Waals surface area contributed by atoms with E-state index in [2.05, 4.69) is 4.72 Å². The summed E-state index contributed by atoms with van der Waals surface area (Å²) in [6.45, 7) is 1.63. The van der Waals surface area contributed by atoms with Gasteiger partial charge in [0.2, 0.25) is 0 Å². The van der Waals surface area contributed by atoms with Crippen LogP contribution in [0.1, 0.15) is 5.56 Å². The highest BCUT2D eigenvalue weighted by Crippen LogP contribution is 2.29. The van der Waals surface area contributed by atoms with E-state index in [0.29, 0.717) is 16.3 Å². The van der Waals surface area contributed by atoms with Gasteiger partial charge in [-0.15, -0.1) is 0 Å². The van der Waals surface area contributed by atoms with Gasteiger partial charge in [-0.05, 0) is 48.9 Å². The summed E-state index contributed by atoms with van der Waals surface area (Å²) in [5, 5.41) is 9.64. The van der Waals surface area contributed by atoms with Crippen molar-refractivity contribution >= 4 is 38.9 Å². The normalized spacial score (nSPS) is 11.3. The molecule has 0 bridgehead atoms. The van der Waals surface area contributed by atoms with Crippen LogP contribution in [-0.4, -0.2) is 13.5 Å². The summed E-state index contributed by atoms with van der Waals surface area (Å²) in [5.41, 5.74) is 0.832. The van der Waals surface area contributed by atoms with Crippen LogP contribution in [0, 0.1) is 6.92 Å². The van der Waals surface area contributed by atoms with Gasteiger partial charge in [-0.3, -0.25) is 4.72 Å². The lowest BCUT2D eigenvalue weighted by molar-refractivity contribution is 0.475. The van der Waals surface area contributed by atoms with Crippen LogP contribution in [0.3, 0.4) is 0 Å². The number of anilines is 1. The topological polar surface area (TPSA) is 66.4 Å². The molecule has 0 radical (unpaired) electrons. The molecule has 0 saturated heterocycles. The van der Waals surface area contributed by atoms with Crippen LogP contribution in [0.25, 0.3) is 0 Å². The van der Waals surface area contributed by atoms with Crippen molar-refractivity contribution in [1.29, 1.82) is 0 Å². The van der Waals surface area contributed by atoms with Crippen LogP contribution in [0.15, 0.2) is 41.3 Å². The van der Waals surface area contributed by atoms with E-state index in [4.69, 9.17) is 23.2 Å². The molecule has 0 aromatic heterocycles. The number of phenols is 1. The summed E-state index contributed by atoms with van der Waals surface area (Å²) in [6, 6.07) is 8.50. The molecule has 0 aliphatic heterocycles.